The molecule has 0 spiro atoms. The van der Waals surface area contributed by atoms with E-state index in [0.717, 1.165) is 5.56 Å². The van der Waals surface area contributed by atoms with E-state index in [9.17, 15) is 14.5 Å². The van der Waals surface area contributed by atoms with E-state index in [-0.39, 0.29) is 16.5 Å². The van der Waals surface area contributed by atoms with Crippen LogP contribution < -0.4 is 5.73 Å². The molecular weight excluding hydrogens is 283 g/mol. The van der Waals surface area contributed by atoms with Gasteiger partial charge in [0.15, 0.2) is 0 Å². The highest BCUT2D eigenvalue weighted by Gasteiger charge is 2.14. The second-order valence-corrected chi connectivity index (χ2v) is 4.87. The third-order valence-electron chi connectivity index (χ3n) is 2.91. The molecule has 0 aliphatic heterocycles. The quantitative estimate of drug-likeness (QED) is 0.691. The first-order chi connectivity index (χ1) is 9.45. The van der Waals surface area contributed by atoms with Crippen LogP contribution in [0.2, 0.25) is 5.02 Å². The van der Waals surface area contributed by atoms with Gasteiger partial charge in [0.2, 0.25) is 0 Å². The number of hydrogen-bond donors (Lipinski definition) is 1. The predicted molar refractivity (Wildman–Crippen MR) is 75.1 cm³/mol. The Bertz CT molecular complexity index is 632. The Labute approximate surface area is 120 Å². The number of nitro benzene ring substituents is 1. The predicted octanol–water partition coefficient (Wildman–Crippen LogP) is 3.63. The van der Waals surface area contributed by atoms with Gasteiger partial charge in [0.1, 0.15) is 5.82 Å². The summed E-state index contributed by atoms with van der Waals surface area (Å²) in [6.07, 6.45) is 0.442. The molecule has 1 atom stereocenters. The average Bonchev–Trinajstić information content (AvgIpc) is 2.40. The zero-order valence-corrected chi connectivity index (χ0v) is 11.2. The zero-order chi connectivity index (χ0) is 14.7. The molecule has 0 saturated heterocycles. The number of hydrogen-bond acceptors (Lipinski definition) is 3. The van der Waals surface area contributed by atoms with Crippen LogP contribution in [-0.2, 0) is 6.42 Å². The minimum atomic E-state index is -0.514. The number of nitro groups is 1. The van der Waals surface area contributed by atoms with Crippen LogP contribution in [0, 0.1) is 15.9 Å². The Balaban J connectivity index is 2.22. The molecule has 4 nitrogen and oxygen atoms in total. The van der Waals surface area contributed by atoms with Crippen molar-refractivity contribution in [3.05, 3.63) is 74.5 Å². The lowest BCUT2D eigenvalue weighted by Crippen LogP contribution is -2.13. The highest BCUT2D eigenvalue weighted by Crippen LogP contribution is 2.25. The molecule has 0 aliphatic carbocycles. The Hall–Kier alpha value is -1.98. The number of nitrogens with two attached hydrogens (primary N) is 1. The van der Waals surface area contributed by atoms with Gasteiger partial charge in [-0.25, -0.2) is 4.39 Å². The summed E-state index contributed by atoms with van der Waals surface area (Å²) in [5.41, 5.74) is 7.36. The Morgan fingerprint density at radius 3 is 2.50 bits per heavy atom. The molecule has 20 heavy (non-hydrogen) atoms. The van der Waals surface area contributed by atoms with Gasteiger partial charge >= 0.3 is 0 Å². The maximum Gasteiger partial charge on any atom is 0.271 e. The van der Waals surface area contributed by atoms with E-state index in [1.807, 2.05) is 0 Å². The monoisotopic (exact) mass is 294 g/mol. The van der Waals surface area contributed by atoms with Crippen LogP contribution in [0.25, 0.3) is 0 Å². The normalized spacial score (nSPS) is 12.2. The number of non-ortho nitro benzene ring substituents is 1. The van der Waals surface area contributed by atoms with Gasteiger partial charge in [0.25, 0.3) is 5.69 Å². The summed E-state index contributed by atoms with van der Waals surface area (Å²) in [6, 6.07) is 9.80. The molecule has 0 aliphatic rings. The summed E-state index contributed by atoms with van der Waals surface area (Å²) < 4.78 is 12.8. The van der Waals surface area contributed by atoms with Crippen molar-refractivity contribution in [2.24, 2.45) is 5.73 Å². The summed E-state index contributed by atoms with van der Waals surface area (Å²) >= 11 is 5.85. The van der Waals surface area contributed by atoms with E-state index in [2.05, 4.69) is 0 Å². The third kappa shape index (κ3) is 3.53. The molecule has 2 N–H and O–H groups in total. The zero-order valence-electron chi connectivity index (χ0n) is 10.4. The third-order valence-corrected chi connectivity index (χ3v) is 3.13. The van der Waals surface area contributed by atoms with Crippen LogP contribution in [0.5, 0.6) is 0 Å². The van der Waals surface area contributed by atoms with Crippen molar-refractivity contribution in [3.63, 3.8) is 0 Å². The minimum absolute atomic E-state index is 0.0953. The van der Waals surface area contributed by atoms with Gasteiger partial charge in [0, 0.05) is 23.2 Å². The summed E-state index contributed by atoms with van der Waals surface area (Å²) in [4.78, 5) is 10.3. The number of benzene rings is 2. The molecule has 2 rings (SSSR count). The lowest BCUT2D eigenvalue weighted by molar-refractivity contribution is -0.384. The summed E-state index contributed by atoms with van der Waals surface area (Å²) in [7, 11) is 0. The van der Waals surface area contributed by atoms with Crippen LogP contribution in [0.1, 0.15) is 17.2 Å². The summed E-state index contributed by atoms with van der Waals surface area (Å²) in [6.45, 7) is 0. The standard InChI is InChI=1S/C14H12ClFN2O2/c15-11-6-10(7-13(8-11)18(19)20)14(17)5-9-1-3-12(16)4-2-9/h1-4,6-8,14H,5,17H2. The van der Waals surface area contributed by atoms with Gasteiger partial charge in [-0.15, -0.1) is 0 Å². The molecule has 2 aromatic rings. The molecule has 0 aromatic heterocycles. The van der Waals surface area contributed by atoms with Crippen molar-refractivity contribution in [2.45, 2.75) is 12.5 Å². The van der Waals surface area contributed by atoms with E-state index in [4.69, 9.17) is 17.3 Å². The summed E-state index contributed by atoms with van der Waals surface area (Å²) in [5.74, 6) is -0.319. The number of halogens is 2. The second-order valence-electron chi connectivity index (χ2n) is 4.44. The van der Waals surface area contributed by atoms with Crippen molar-refractivity contribution in [1.82, 2.24) is 0 Å². The van der Waals surface area contributed by atoms with Gasteiger partial charge in [-0.2, -0.15) is 0 Å². The Morgan fingerprint density at radius 2 is 1.90 bits per heavy atom. The van der Waals surface area contributed by atoms with E-state index >= 15 is 0 Å². The molecule has 0 radical (unpaired) electrons. The topological polar surface area (TPSA) is 69.2 Å². The summed E-state index contributed by atoms with van der Waals surface area (Å²) in [5, 5.41) is 11.1. The van der Waals surface area contributed by atoms with E-state index in [1.165, 1.54) is 24.3 Å². The maximum absolute atomic E-state index is 12.8. The lowest BCUT2D eigenvalue weighted by Gasteiger charge is -2.12. The Kier molecular flexibility index (Phi) is 4.32. The highest BCUT2D eigenvalue weighted by atomic mass is 35.5. The van der Waals surface area contributed by atoms with E-state index < -0.39 is 11.0 Å². The van der Waals surface area contributed by atoms with Crippen LogP contribution in [0.4, 0.5) is 10.1 Å². The first-order valence-corrected chi connectivity index (χ1v) is 6.28. The molecular formula is C14H12ClFN2O2. The molecule has 0 saturated carbocycles. The maximum atomic E-state index is 12.8. The second kappa shape index (κ2) is 5.98. The van der Waals surface area contributed by atoms with E-state index in [1.54, 1.807) is 18.2 Å². The van der Waals surface area contributed by atoms with Crippen LogP contribution >= 0.6 is 11.6 Å². The molecule has 0 amide bonds. The fourth-order valence-electron chi connectivity index (χ4n) is 1.91. The van der Waals surface area contributed by atoms with Gasteiger partial charge in [-0.05, 0) is 35.7 Å². The van der Waals surface area contributed by atoms with Crippen LogP contribution in [-0.4, -0.2) is 4.92 Å². The molecule has 104 valence electrons. The average molecular weight is 295 g/mol. The SMILES string of the molecule is NC(Cc1ccc(F)cc1)c1cc(Cl)cc([N+](=O)[O-])c1. The van der Waals surface area contributed by atoms with Gasteiger partial charge in [0.05, 0.1) is 4.92 Å². The van der Waals surface area contributed by atoms with Crippen molar-refractivity contribution >= 4 is 17.3 Å². The van der Waals surface area contributed by atoms with Gasteiger partial charge in [-0.1, -0.05) is 23.7 Å². The minimum Gasteiger partial charge on any atom is -0.324 e. The van der Waals surface area contributed by atoms with Gasteiger partial charge in [-0.3, -0.25) is 10.1 Å². The van der Waals surface area contributed by atoms with Crippen molar-refractivity contribution in [3.8, 4) is 0 Å². The van der Waals surface area contributed by atoms with Crippen molar-refractivity contribution in [2.75, 3.05) is 0 Å². The fourth-order valence-corrected chi connectivity index (χ4v) is 2.15. The first kappa shape index (κ1) is 14.4. The first-order valence-electron chi connectivity index (χ1n) is 5.90. The van der Waals surface area contributed by atoms with Crippen molar-refractivity contribution in [1.29, 1.82) is 0 Å². The molecule has 0 heterocycles. The molecule has 6 heteroatoms. The smallest absolute Gasteiger partial charge is 0.271 e. The van der Waals surface area contributed by atoms with Crippen LogP contribution in [0.15, 0.2) is 42.5 Å². The number of nitrogens with zero attached hydrogens (tertiary/aromatic N) is 1. The molecule has 0 fully saturated rings. The lowest BCUT2D eigenvalue weighted by atomic mass is 9.99. The van der Waals surface area contributed by atoms with Crippen molar-refractivity contribution < 1.29 is 9.31 Å². The molecule has 0 bridgehead atoms. The fraction of sp³-hybridized carbons (Fsp3) is 0.143. The van der Waals surface area contributed by atoms with E-state index in [0.29, 0.717) is 12.0 Å². The van der Waals surface area contributed by atoms with Crippen LogP contribution in [0.3, 0.4) is 0 Å². The molecule has 2 aromatic carbocycles. The Morgan fingerprint density at radius 1 is 1.25 bits per heavy atom. The van der Waals surface area contributed by atoms with Gasteiger partial charge < -0.3 is 5.73 Å². The largest absolute Gasteiger partial charge is 0.324 e. The highest BCUT2D eigenvalue weighted by molar-refractivity contribution is 6.30. The number of rotatable bonds is 4. The molecule has 1 unspecified atom stereocenters.